The molecule has 1 saturated heterocycles. The topological polar surface area (TPSA) is 35.4 Å². The van der Waals surface area contributed by atoms with E-state index in [1.165, 1.54) is 30.8 Å². The molecule has 1 aromatic carbocycles. The molecule has 0 bridgehead atoms. The van der Waals surface area contributed by atoms with E-state index in [1.54, 1.807) is 4.68 Å². The summed E-state index contributed by atoms with van der Waals surface area (Å²) in [5, 5.41) is 4.48. The quantitative estimate of drug-likeness (QED) is 0.870. The SMILES string of the molecule is S=c1oc(-c2ccc(Br)cc2)nn1C[NH+]1CCCC1. The lowest BCUT2D eigenvalue weighted by molar-refractivity contribution is -0.911. The van der Waals surface area contributed by atoms with Crippen molar-refractivity contribution < 1.29 is 9.32 Å². The number of rotatable bonds is 3. The van der Waals surface area contributed by atoms with E-state index in [0.717, 1.165) is 16.7 Å². The van der Waals surface area contributed by atoms with E-state index in [-0.39, 0.29) is 0 Å². The molecule has 0 saturated carbocycles. The Balaban J connectivity index is 1.84. The lowest BCUT2D eigenvalue weighted by Gasteiger charge is -2.10. The lowest BCUT2D eigenvalue weighted by atomic mass is 10.2. The van der Waals surface area contributed by atoms with Gasteiger partial charge in [0.05, 0.1) is 13.1 Å². The molecule has 2 heterocycles. The van der Waals surface area contributed by atoms with Crippen molar-refractivity contribution in [2.75, 3.05) is 13.1 Å². The van der Waals surface area contributed by atoms with Crippen LogP contribution in [0.1, 0.15) is 12.8 Å². The van der Waals surface area contributed by atoms with Gasteiger partial charge in [-0.1, -0.05) is 15.9 Å². The molecule has 100 valence electrons. The maximum atomic E-state index is 5.59. The van der Waals surface area contributed by atoms with Gasteiger partial charge in [0, 0.05) is 22.9 Å². The molecule has 0 spiro atoms. The normalized spacial score (nSPS) is 16.1. The van der Waals surface area contributed by atoms with Gasteiger partial charge in [0.2, 0.25) is 5.89 Å². The molecule has 0 aliphatic carbocycles. The summed E-state index contributed by atoms with van der Waals surface area (Å²) >= 11 is 8.66. The Morgan fingerprint density at radius 3 is 2.63 bits per heavy atom. The fourth-order valence-corrected chi connectivity index (χ4v) is 2.81. The Kier molecular flexibility index (Phi) is 3.81. The molecule has 4 nitrogen and oxygen atoms in total. The maximum absolute atomic E-state index is 5.59. The number of hydrogen-bond acceptors (Lipinski definition) is 3. The molecule has 1 aliphatic heterocycles. The molecule has 1 fully saturated rings. The molecule has 2 aromatic rings. The third-order valence-electron chi connectivity index (χ3n) is 3.38. The van der Waals surface area contributed by atoms with Crippen LogP contribution in [0.25, 0.3) is 11.5 Å². The average molecular weight is 341 g/mol. The largest absolute Gasteiger partial charge is 0.409 e. The van der Waals surface area contributed by atoms with E-state index in [0.29, 0.717) is 10.7 Å². The Labute approximate surface area is 125 Å². The van der Waals surface area contributed by atoms with Crippen molar-refractivity contribution in [3.63, 3.8) is 0 Å². The Morgan fingerprint density at radius 1 is 1.26 bits per heavy atom. The number of benzene rings is 1. The minimum atomic E-state index is 0.456. The molecule has 0 amide bonds. The molecule has 0 radical (unpaired) electrons. The minimum absolute atomic E-state index is 0.456. The predicted molar refractivity (Wildman–Crippen MR) is 78.4 cm³/mol. The van der Waals surface area contributed by atoms with Crippen molar-refractivity contribution in [3.8, 4) is 11.5 Å². The Hall–Kier alpha value is -0.980. The van der Waals surface area contributed by atoms with Gasteiger partial charge in [-0.3, -0.25) is 0 Å². The number of likely N-dealkylation sites (tertiary alicyclic amines) is 1. The smallest absolute Gasteiger partial charge is 0.292 e. The van der Waals surface area contributed by atoms with Crippen molar-refractivity contribution in [3.05, 3.63) is 33.6 Å². The second-order valence-electron chi connectivity index (χ2n) is 4.79. The van der Waals surface area contributed by atoms with Crippen LogP contribution in [0.4, 0.5) is 0 Å². The minimum Gasteiger partial charge on any atom is -0.409 e. The highest BCUT2D eigenvalue weighted by atomic mass is 79.9. The van der Waals surface area contributed by atoms with Crippen LogP contribution >= 0.6 is 28.1 Å². The summed E-state index contributed by atoms with van der Waals surface area (Å²) in [5.41, 5.74) is 0.949. The average Bonchev–Trinajstić information content (AvgIpc) is 3.02. The first-order valence-corrected chi connectivity index (χ1v) is 7.60. The van der Waals surface area contributed by atoms with Crippen LogP contribution < -0.4 is 4.90 Å². The van der Waals surface area contributed by atoms with Gasteiger partial charge in [-0.05, 0) is 36.5 Å². The second-order valence-corrected chi connectivity index (χ2v) is 6.06. The summed E-state index contributed by atoms with van der Waals surface area (Å²) in [6.07, 6.45) is 2.58. The van der Waals surface area contributed by atoms with E-state index in [2.05, 4.69) is 21.0 Å². The lowest BCUT2D eigenvalue weighted by Crippen LogP contribution is -3.09. The van der Waals surface area contributed by atoms with Crippen LogP contribution in [-0.4, -0.2) is 22.9 Å². The van der Waals surface area contributed by atoms with Gasteiger partial charge in [0.1, 0.15) is 0 Å². The van der Waals surface area contributed by atoms with Gasteiger partial charge in [-0.25, -0.2) is 0 Å². The van der Waals surface area contributed by atoms with Crippen molar-refractivity contribution >= 4 is 28.1 Å². The maximum Gasteiger partial charge on any atom is 0.292 e. The molecule has 1 aliphatic rings. The molecule has 6 heteroatoms. The first kappa shape index (κ1) is 13.0. The standard InChI is InChI=1S/C13H14BrN3OS/c14-11-5-3-10(4-6-11)12-15-17(13(19)18-12)9-16-7-1-2-8-16/h3-6H,1-2,7-9H2/p+1. The molecular weight excluding hydrogens is 326 g/mol. The fourth-order valence-electron chi connectivity index (χ4n) is 2.36. The van der Waals surface area contributed by atoms with Crippen molar-refractivity contribution in [2.45, 2.75) is 19.5 Å². The van der Waals surface area contributed by atoms with Gasteiger partial charge in [-0.15, -0.1) is 5.10 Å². The van der Waals surface area contributed by atoms with Crippen molar-refractivity contribution in [1.29, 1.82) is 0 Å². The molecule has 19 heavy (non-hydrogen) atoms. The molecule has 0 unspecified atom stereocenters. The zero-order valence-electron chi connectivity index (χ0n) is 10.4. The number of aromatic nitrogens is 2. The highest BCUT2D eigenvalue weighted by Gasteiger charge is 2.18. The van der Waals surface area contributed by atoms with Gasteiger partial charge in [0.25, 0.3) is 4.84 Å². The molecule has 1 aromatic heterocycles. The summed E-state index contributed by atoms with van der Waals surface area (Å²) in [7, 11) is 0. The van der Waals surface area contributed by atoms with Crippen LogP contribution in [0.2, 0.25) is 0 Å². The third kappa shape index (κ3) is 2.96. The first-order valence-electron chi connectivity index (χ1n) is 6.40. The monoisotopic (exact) mass is 340 g/mol. The fraction of sp³-hybridized carbons (Fsp3) is 0.385. The van der Waals surface area contributed by atoms with E-state index < -0.39 is 0 Å². The summed E-state index contributed by atoms with van der Waals surface area (Å²) < 4.78 is 8.43. The summed E-state index contributed by atoms with van der Waals surface area (Å²) in [4.78, 5) is 1.98. The van der Waals surface area contributed by atoms with Crippen LogP contribution in [0, 0.1) is 4.84 Å². The summed E-state index contributed by atoms with van der Waals surface area (Å²) in [5.74, 6) is 0.594. The number of hydrogen-bond donors (Lipinski definition) is 1. The van der Waals surface area contributed by atoms with Crippen LogP contribution in [0.3, 0.4) is 0 Å². The van der Waals surface area contributed by atoms with Crippen LogP contribution in [0.15, 0.2) is 33.2 Å². The number of nitrogens with zero attached hydrogens (tertiary/aromatic N) is 2. The van der Waals surface area contributed by atoms with E-state index in [9.17, 15) is 0 Å². The Morgan fingerprint density at radius 2 is 1.95 bits per heavy atom. The number of nitrogens with one attached hydrogen (secondary N) is 1. The van der Waals surface area contributed by atoms with Crippen LogP contribution in [-0.2, 0) is 6.67 Å². The third-order valence-corrected chi connectivity index (χ3v) is 4.20. The molecule has 3 rings (SSSR count). The van der Waals surface area contributed by atoms with Gasteiger partial charge in [0.15, 0.2) is 6.67 Å². The number of quaternary nitrogens is 1. The zero-order chi connectivity index (χ0) is 13.2. The van der Waals surface area contributed by atoms with Gasteiger partial charge in [-0.2, -0.15) is 4.68 Å². The highest BCUT2D eigenvalue weighted by Crippen LogP contribution is 2.20. The molecule has 0 atom stereocenters. The van der Waals surface area contributed by atoms with E-state index in [4.69, 9.17) is 16.6 Å². The second kappa shape index (κ2) is 5.56. The van der Waals surface area contributed by atoms with Crippen molar-refractivity contribution in [1.82, 2.24) is 9.78 Å². The van der Waals surface area contributed by atoms with E-state index >= 15 is 0 Å². The van der Waals surface area contributed by atoms with Gasteiger partial charge >= 0.3 is 0 Å². The van der Waals surface area contributed by atoms with Crippen LogP contribution in [0.5, 0.6) is 0 Å². The zero-order valence-corrected chi connectivity index (χ0v) is 12.8. The first-order chi connectivity index (χ1) is 9.22. The molecular formula is C13H15BrN3OS+. The summed E-state index contributed by atoms with van der Waals surface area (Å²) in [6.45, 7) is 3.20. The Bertz CT molecular complexity index is 614. The highest BCUT2D eigenvalue weighted by molar-refractivity contribution is 9.10. The van der Waals surface area contributed by atoms with Crippen molar-refractivity contribution in [2.24, 2.45) is 0 Å². The van der Waals surface area contributed by atoms with Gasteiger partial charge < -0.3 is 9.32 Å². The predicted octanol–water partition coefficient (Wildman–Crippen LogP) is 2.27. The molecule has 1 N–H and O–H groups in total. The van der Waals surface area contributed by atoms with E-state index in [1.807, 2.05) is 24.3 Å². The summed E-state index contributed by atoms with van der Waals surface area (Å²) in [6, 6.07) is 7.88. The number of halogens is 1.